The first-order chi connectivity index (χ1) is 32.0. The molecule has 0 N–H and O–H groups in total. The zero-order valence-electron chi connectivity index (χ0n) is 42.2. The fourth-order valence-electron chi connectivity index (χ4n) is 7.11. The summed E-state index contributed by atoms with van der Waals surface area (Å²) in [4.78, 5) is 38.0. The molecule has 0 aromatic heterocycles. The Morgan fingerprint density at radius 2 is 0.662 bits per heavy atom. The van der Waals surface area contributed by atoms with E-state index in [1.165, 1.54) is 70.6 Å². The SMILES string of the molecule is CC/C=C\C/C=C\CCCCCCCC(=O)OCC(COC(=O)CCCCCCC\C=C/C=C\C=C/C=C\CCCCC)OC(=O)CCCCCCCCC/C=C\C/C=C\CCCCC. The molecule has 1 atom stereocenters. The Kier molecular flexibility index (Phi) is 50.0. The molecule has 0 bridgehead atoms. The van der Waals surface area contributed by atoms with Crippen molar-refractivity contribution in [2.75, 3.05) is 13.2 Å². The van der Waals surface area contributed by atoms with E-state index in [1.807, 2.05) is 0 Å². The van der Waals surface area contributed by atoms with Crippen molar-refractivity contribution in [1.82, 2.24) is 0 Å². The van der Waals surface area contributed by atoms with E-state index < -0.39 is 6.10 Å². The molecule has 1 unspecified atom stereocenters. The summed E-state index contributed by atoms with van der Waals surface area (Å²) >= 11 is 0. The van der Waals surface area contributed by atoms with Gasteiger partial charge in [-0.25, -0.2) is 0 Å². The Hall–Kier alpha value is -3.67. The van der Waals surface area contributed by atoms with Gasteiger partial charge in [-0.3, -0.25) is 14.4 Å². The van der Waals surface area contributed by atoms with E-state index in [-0.39, 0.29) is 31.1 Å². The van der Waals surface area contributed by atoms with Gasteiger partial charge >= 0.3 is 17.9 Å². The highest BCUT2D eigenvalue weighted by Gasteiger charge is 2.19. The summed E-state index contributed by atoms with van der Waals surface area (Å²) < 4.78 is 16.8. The summed E-state index contributed by atoms with van der Waals surface area (Å²) in [5.74, 6) is -0.943. The lowest BCUT2D eigenvalue weighted by atomic mass is 10.1. The van der Waals surface area contributed by atoms with E-state index in [0.29, 0.717) is 19.3 Å². The molecular weight excluding hydrogens is 805 g/mol. The van der Waals surface area contributed by atoms with Crippen LogP contribution in [-0.2, 0) is 28.6 Å². The van der Waals surface area contributed by atoms with Crippen LogP contribution in [0.4, 0.5) is 0 Å². The molecule has 0 aliphatic heterocycles. The fourth-order valence-corrected chi connectivity index (χ4v) is 7.11. The zero-order valence-corrected chi connectivity index (χ0v) is 42.2. The highest BCUT2D eigenvalue weighted by Crippen LogP contribution is 2.14. The van der Waals surface area contributed by atoms with Gasteiger partial charge in [-0.05, 0) is 103 Å². The number of allylic oxidation sites excluding steroid dienone is 16. The average Bonchev–Trinajstić information content (AvgIpc) is 3.30. The number of carbonyl (C=O) groups is 3. The van der Waals surface area contributed by atoms with Crippen LogP contribution in [0.3, 0.4) is 0 Å². The van der Waals surface area contributed by atoms with Crippen LogP contribution >= 0.6 is 0 Å². The molecule has 370 valence electrons. The minimum absolute atomic E-state index is 0.0972. The average molecular weight is 903 g/mol. The maximum Gasteiger partial charge on any atom is 0.306 e. The van der Waals surface area contributed by atoms with E-state index in [9.17, 15) is 14.4 Å². The van der Waals surface area contributed by atoms with Crippen molar-refractivity contribution in [3.8, 4) is 0 Å². The number of hydrogen-bond donors (Lipinski definition) is 0. The molecule has 0 aromatic carbocycles. The van der Waals surface area contributed by atoms with Gasteiger partial charge in [0, 0.05) is 19.3 Å². The van der Waals surface area contributed by atoms with Gasteiger partial charge in [-0.15, -0.1) is 0 Å². The summed E-state index contributed by atoms with van der Waals surface area (Å²) in [6.07, 6.45) is 69.5. The van der Waals surface area contributed by atoms with Crippen molar-refractivity contribution in [1.29, 1.82) is 0 Å². The van der Waals surface area contributed by atoms with Gasteiger partial charge in [-0.1, -0.05) is 214 Å². The van der Waals surface area contributed by atoms with Crippen LogP contribution in [0.15, 0.2) is 97.2 Å². The van der Waals surface area contributed by atoms with Crippen molar-refractivity contribution >= 4 is 17.9 Å². The summed E-state index contributed by atoms with van der Waals surface area (Å²) in [5, 5.41) is 0. The molecule has 0 aliphatic carbocycles. The van der Waals surface area contributed by atoms with Gasteiger partial charge in [0.1, 0.15) is 13.2 Å². The summed E-state index contributed by atoms with van der Waals surface area (Å²) in [7, 11) is 0. The molecule has 0 amide bonds. The third-order valence-electron chi connectivity index (χ3n) is 11.1. The van der Waals surface area contributed by atoms with Gasteiger partial charge < -0.3 is 14.2 Å². The van der Waals surface area contributed by atoms with Crippen molar-refractivity contribution in [2.45, 2.75) is 245 Å². The molecule has 0 spiro atoms. The maximum absolute atomic E-state index is 12.8. The molecule has 0 saturated carbocycles. The van der Waals surface area contributed by atoms with E-state index in [1.54, 1.807) is 0 Å². The first-order valence-electron chi connectivity index (χ1n) is 26.8. The molecule has 0 aliphatic rings. The maximum atomic E-state index is 12.8. The second-order valence-corrected chi connectivity index (χ2v) is 17.5. The second-order valence-electron chi connectivity index (χ2n) is 17.5. The molecule has 0 aromatic rings. The molecule has 0 heterocycles. The van der Waals surface area contributed by atoms with Crippen molar-refractivity contribution in [3.63, 3.8) is 0 Å². The highest BCUT2D eigenvalue weighted by atomic mass is 16.6. The lowest BCUT2D eigenvalue weighted by Crippen LogP contribution is -2.30. The number of ether oxygens (including phenoxy) is 3. The standard InChI is InChI=1S/C59H98O6/c1-4-7-10-13-16-19-22-25-27-29-31-32-34-37-40-43-46-49-52-58(61)64-55-56(54-63-57(60)51-48-45-42-39-36-24-21-18-15-12-9-6-3)65-59(62)53-50-47-44-41-38-35-33-30-28-26-23-20-17-14-11-8-5-2/h9,12,16-22,25-29,31-32,56H,4-8,10-11,13-15,23-24,30,33-55H2,1-3H3/b12-9-,19-16-,20-17-,21-18-,25-22-,28-26-,29-27-,32-31-. The minimum Gasteiger partial charge on any atom is -0.462 e. The summed E-state index contributed by atoms with van der Waals surface area (Å²) in [6, 6.07) is 0. The van der Waals surface area contributed by atoms with Crippen molar-refractivity contribution in [3.05, 3.63) is 97.2 Å². The topological polar surface area (TPSA) is 78.9 Å². The van der Waals surface area contributed by atoms with Crippen LogP contribution in [0, 0.1) is 0 Å². The molecule has 6 nitrogen and oxygen atoms in total. The van der Waals surface area contributed by atoms with Crippen LogP contribution in [0.25, 0.3) is 0 Å². The predicted molar refractivity (Wildman–Crippen MR) is 279 cm³/mol. The van der Waals surface area contributed by atoms with Crippen molar-refractivity contribution < 1.29 is 28.6 Å². The lowest BCUT2D eigenvalue weighted by molar-refractivity contribution is -0.167. The van der Waals surface area contributed by atoms with Gasteiger partial charge in [-0.2, -0.15) is 0 Å². The van der Waals surface area contributed by atoms with E-state index in [0.717, 1.165) is 128 Å². The largest absolute Gasteiger partial charge is 0.462 e. The fraction of sp³-hybridized carbons (Fsp3) is 0.678. The van der Waals surface area contributed by atoms with Crippen LogP contribution < -0.4 is 0 Å². The molecule has 65 heavy (non-hydrogen) atoms. The monoisotopic (exact) mass is 903 g/mol. The number of rotatable bonds is 47. The Morgan fingerprint density at radius 1 is 0.338 bits per heavy atom. The molecule has 0 saturated heterocycles. The second kappa shape index (κ2) is 52.9. The Labute approximate surface area is 400 Å². The number of carbonyl (C=O) groups excluding carboxylic acids is 3. The first-order valence-corrected chi connectivity index (χ1v) is 26.8. The van der Waals surface area contributed by atoms with E-state index >= 15 is 0 Å². The predicted octanol–water partition coefficient (Wildman–Crippen LogP) is 17.8. The van der Waals surface area contributed by atoms with Gasteiger partial charge in [0.05, 0.1) is 0 Å². The molecular formula is C59H98O6. The molecule has 0 rings (SSSR count). The molecule has 0 fully saturated rings. The third kappa shape index (κ3) is 51.2. The van der Waals surface area contributed by atoms with E-state index in [4.69, 9.17) is 14.2 Å². The number of hydrogen-bond acceptors (Lipinski definition) is 6. The normalized spacial score (nSPS) is 12.8. The first kappa shape index (κ1) is 61.3. The highest BCUT2D eigenvalue weighted by molar-refractivity contribution is 5.71. The van der Waals surface area contributed by atoms with Crippen LogP contribution in [-0.4, -0.2) is 37.2 Å². The van der Waals surface area contributed by atoms with Gasteiger partial charge in [0.25, 0.3) is 0 Å². The Morgan fingerprint density at radius 3 is 1.06 bits per heavy atom. The quantitative estimate of drug-likeness (QED) is 0.0199. The number of unbranched alkanes of at least 4 members (excludes halogenated alkanes) is 23. The lowest BCUT2D eigenvalue weighted by Gasteiger charge is -2.18. The van der Waals surface area contributed by atoms with E-state index in [2.05, 4.69) is 118 Å². The summed E-state index contributed by atoms with van der Waals surface area (Å²) in [5.41, 5.74) is 0. The Balaban J connectivity index is 4.46. The van der Waals surface area contributed by atoms with Gasteiger partial charge in [0.2, 0.25) is 0 Å². The third-order valence-corrected chi connectivity index (χ3v) is 11.1. The number of esters is 3. The summed E-state index contributed by atoms with van der Waals surface area (Å²) in [6.45, 7) is 6.42. The van der Waals surface area contributed by atoms with Gasteiger partial charge in [0.15, 0.2) is 6.10 Å². The minimum atomic E-state index is -0.798. The van der Waals surface area contributed by atoms with Crippen LogP contribution in [0.1, 0.15) is 239 Å². The molecule has 6 heteroatoms. The van der Waals surface area contributed by atoms with Crippen molar-refractivity contribution in [2.24, 2.45) is 0 Å². The smallest absolute Gasteiger partial charge is 0.306 e. The molecule has 0 radical (unpaired) electrons. The Bertz CT molecular complexity index is 1310. The van der Waals surface area contributed by atoms with Crippen LogP contribution in [0.5, 0.6) is 0 Å². The van der Waals surface area contributed by atoms with Crippen LogP contribution in [0.2, 0.25) is 0 Å². The zero-order chi connectivity index (χ0) is 47.2.